The number of hydrogen-bond donors (Lipinski definition) is 2. The van der Waals surface area contributed by atoms with Gasteiger partial charge in [-0.15, -0.1) is 5.10 Å². The van der Waals surface area contributed by atoms with Crippen LogP contribution in [0, 0.1) is 6.92 Å². The van der Waals surface area contributed by atoms with Crippen molar-refractivity contribution in [2.24, 2.45) is 0 Å². The Balaban J connectivity index is 2.45. The van der Waals surface area contributed by atoms with Gasteiger partial charge in [-0.25, -0.2) is 0 Å². The van der Waals surface area contributed by atoms with Crippen molar-refractivity contribution in [3.05, 3.63) is 10.6 Å². The predicted molar refractivity (Wildman–Crippen MR) is 64.1 cm³/mol. The molecule has 0 aliphatic carbocycles. The third-order valence-electron chi connectivity index (χ3n) is 2.33. The topological polar surface area (TPSA) is 84.3 Å². The minimum absolute atomic E-state index is 0.173. The lowest BCUT2D eigenvalue weighted by Crippen LogP contribution is -2.41. The molecule has 0 fully saturated rings. The molecule has 6 nitrogen and oxygen atoms in total. The lowest BCUT2D eigenvalue weighted by Gasteiger charge is -2.22. The van der Waals surface area contributed by atoms with Crippen LogP contribution in [0.2, 0.25) is 0 Å². The Kier molecular flexibility index (Phi) is 4.98. The van der Waals surface area contributed by atoms with Crippen LogP contribution in [0.3, 0.4) is 0 Å². The Morgan fingerprint density at radius 2 is 2.35 bits per heavy atom. The fourth-order valence-corrected chi connectivity index (χ4v) is 1.77. The molecule has 1 heterocycles. The van der Waals surface area contributed by atoms with Gasteiger partial charge in [0.05, 0.1) is 11.3 Å². The highest BCUT2D eigenvalue weighted by Crippen LogP contribution is 2.11. The molecule has 0 saturated carbocycles. The van der Waals surface area contributed by atoms with Gasteiger partial charge in [0.15, 0.2) is 0 Å². The van der Waals surface area contributed by atoms with Gasteiger partial charge in [0.1, 0.15) is 4.88 Å². The summed E-state index contributed by atoms with van der Waals surface area (Å²) >= 11 is 1.05. The molecular weight excluding hydrogens is 242 g/mol. The molecule has 1 aromatic heterocycles. The van der Waals surface area contributed by atoms with Gasteiger partial charge in [-0.3, -0.25) is 4.79 Å². The van der Waals surface area contributed by atoms with Crippen molar-refractivity contribution < 1.29 is 14.6 Å². The van der Waals surface area contributed by atoms with Gasteiger partial charge < -0.3 is 15.2 Å². The van der Waals surface area contributed by atoms with Crippen LogP contribution < -0.4 is 5.32 Å². The molecule has 0 radical (unpaired) electrons. The molecular formula is C10H17N3O3S. The predicted octanol–water partition coefficient (Wildman–Crippen LogP) is 0.364. The molecule has 1 rings (SSSR count). The van der Waals surface area contributed by atoms with Crippen LogP contribution in [0.15, 0.2) is 0 Å². The van der Waals surface area contributed by atoms with Gasteiger partial charge in [-0.2, -0.15) is 0 Å². The second-order valence-electron chi connectivity index (χ2n) is 4.11. The van der Waals surface area contributed by atoms with Gasteiger partial charge in [-0.1, -0.05) is 4.49 Å². The summed E-state index contributed by atoms with van der Waals surface area (Å²) in [6.45, 7) is 4.00. The minimum atomic E-state index is -0.975. The van der Waals surface area contributed by atoms with Crippen molar-refractivity contribution in [2.75, 3.05) is 20.3 Å². The molecule has 96 valence electrons. The Morgan fingerprint density at radius 3 is 2.88 bits per heavy atom. The summed E-state index contributed by atoms with van der Waals surface area (Å²) < 4.78 is 8.57. The van der Waals surface area contributed by atoms with Crippen LogP contribution in [0.1, 0.15) is 28.7 Å². The highest BCUT2D eigenvalue weighted by atomic mass is 32.1. The van der Waals surface area contributed by atoms with Crippen molar-refractivity contribution in [3.8, 4) is 0 Å². The number of methoxy groups -OCH3 is 1. The van der Waals surface area contributed by atoms with Gasteiger partial charge in [-0.05, 0) is 25.4 Å². The zero-order valence-electron chi connectivity index (χ0n) is 10.2. The SMILES string of the molecule is COCC[C@](C)(O)CNC(=O)c1snnc1C. The monoisotopic (exact) mass is 259 g/mol. The van der Waals surface area contributed by atoms with Gasteiger partial charge in [0.2, 0.25) is 0 Å². The van der Waals surface area contributed by atoms with E-state index in [1.54, 1.807) is 21.0 Å². The van der Waals surface area contributed by atoms with E-state index in [4.69, 9.17) is 4.74 Å². The van der Waals surface area contributed by atoms with E-state index >= 15 is 0 Å². The van der Waals surface area contributed by atoms with E-state index in [1.807, 2.05) is 0 Å². The van der Waals surface area contributed by atoms with E-state index in [0.29, 0.717) is 23.6 Å². The summed E-state index contributed by atoms with van der Waals surface area (Å²) in [6, 6.07) is 0. The van der Waals surface area contributed by atoms with Gasteiger partial charge in [0, 0.05) is 26.7 Å². The van der Waals surface area contributed by atoms with E-state index in [9.17, 15) is 9.90 Å². The van der Waals surface area contributed by atoms with E-state index in [2.05, 4.69) is 14.9 Å². The average molecular weight is 259 g/mol. The number of hydrogen-bond acceptors (Lipinski definition) is 6. The standard InChI is InChI=1S/C10H17N3O3S/c1-7-8(17-13-12-7)9(14)11-6-10(2,15)4-5-16-3/h15H,4-6H2,1-3H3,(H,11,14)/t10-/m0/s1. The zero-order valence-corrected chi connectivity index (χ0v) is 11.0. The van der Waals surface area contributed by atoms with E-state index < -0.39 is 5.60 Å². The molecule has 1 amide bonds. The summed E-state index contributed by atoms with van der Waals surface area (Å²) in [7, 11) is 1.57. The summed E-state index contributed by atoms with van der Waals surface area (Å²) in [5.41, 5.74) is -0.374. The van der Waals surface area contributed by atoms with Crippen LogP contribution in [-0.2, 0) is 4.74 Å². The van der Waals surface area contributed by atoms with Crippen molar-refractivity contribution in [2.45, 2.75) is 25.9 Å². The quantitative estimate of drug-likeness (QED) is 0.770. The largest absolute Gasteiger partial charge is 0.388 e. The summed E-state index contributed by atoms with van der Waals surface area (Å²) in [4.78, 5) is 12.2. The number of aliphatic hydroxyl groups is 1. The lowest BCUT2D eigenvalue weighted by atomic mass is 10.0. The van der Waals surface area contributed by atoms with Crippen LogP contribution in [0.5, 0.6) is 0 Å². The Bertz CT molecular complexity index is 379. The molecule has 0 bridgehead atoms. The molecule has 2 N–H and O–H groups in total. The lowest BCUT2D eigenvalue weighted by molar-refractivity contribution is 0.0244. The molecule has 1 aromatic rings. The first kappa shape index (κ1) is 14.0. The highest BCUT2D eigenvalue weighted by molar-refractivity contribution is 7.07. The number of nitrogens with one attached hydrogen (secondary N) is 1. The van der Waals surface area contributed by atoms with E-state index in [0.717, 1.165) is 11.5 Å². The molecule has 17 heavy (non-hydrogen) atoms. The molecule has 0 spiro atoms. The maximum absolute atomic E-state index is 11.7. The second kappa shape index (κ2) is 6.04. The average Bonchev–Trinajstić information content (AvgIpc) is 2.70. The van der Waals surface area contributed by atoms with Crippen LogP contribution >= 0.6 is 11.5 Å². The Hall–Kier alpha value is -1.05. The van der Waals surface area contributed by atoms with Crippen molar-refractivity contribution in [1.29, 1.82) is 0 Å². The van der Waals surface area contributed by atoms with Crippen LogP contribution in [0.4, 0.5) is 0 Å². The molecule has 0 aliphatic heterocycles. The molecule has 0 aliphatic rings. The van der Waals surface area contributed by atoms with Crippen molar-refractivity contribution in [1.82, 2.24) is 14.9 Å². The number of ether oxygens (including phenoxy) is 1. The first-order valence-electron chi connectivity index (χ1n) is 5.25. The number of amides is 1. The van der Waals surface area contributed by atoms with Crippen molar-refractivity contribution in [3.63, 3.8) is 0 Å². The minimum Gasteiger partial charge on any atom is -0.388 e. The number of aryl methyl sites for hydroxylation is 1. The number of carbonyl (C=O) groups is 1. The number of nitrogens with zero attached hydrogens (tertiary/aromatic N) is 2. The highest BCUT2D eigenvalue weighted by Gasteiger charge is 2.22. The summed E-state index contributed by atoms with van der Waals surface area (Å²) in [5.74, 6) is -0.254. The Labute approximate surface area is 104 Å². The fraction of sp³-hybridized carbons (Fsp3) is 0.700. The number of carbonyl (C=O) groups excluding carboxylic acids is 1. The van der Waals surface area contributed by atoms with E-state index in [-0.39, 0.29) is 12.5 Å². The first-order valence-corrected chi connectivity index (χ1v) is 6.02. The zero-order chi connectivity index (χ0) is 12.9. The third kappa shape index (κ3) is 4.37. The number of aromatic nitrogens is 2. The molecule has 0 saturated heterocycles. The first-order chi connectivity index (χ1) is 7.96. The third-order valence-corrected chi connectivity index (χ3v) is 3.16. The van der Waals surface area contributed by atoms with Gasteiger partial charge >= 0.3 is 0 Å². The second-order valence-corrected chi connectivity index (χ2v) is 4.86. The summed E-state index contributed by atoms with van der Waals surface area (Å²) in [5, 5.41) is 16.4. The number of rotatable bonds is 6. The van der Waals surface area contributed by atoms with E-state index in [1.165, 1.54) is 0 Å². The van der Waals surface area contributed by atoms with Crippen molar-refractivity contribution >= 4 is 17.4 Å². The van der Waals surface area contributed by atoms with Gasteiger partial charge in [0.25, 0.3) is 5.91 Å². The maximum Gasteiger partial charge on any atom is 0.265 e. The molecule has 0 unspecified atom stereocenters. The molecule has 7 heteroatoms. The Morgan fingerprint density at radius 1 is 1.65 bits per heavy atom. The maximum atomic E-state index is 11.7. The fourth-order valence-electron chi connectivity index (χ4n) is 1.20. The molecule has 0 aromatic carbocycles. The normalized spacial score (nSPS) is 14.4. The van der Waals surface area contributed by atoms with Crippen LogP contribution in [0.25, 0.3) is 0 Å². The molecule has 1 atom stereocenters. The smallest absolute Gasteiger partial charge is 0.265 e. The van der Waals surface area contributed by atoms with Crippen LogP contribution in [-0.4, -0.2) is 46.5 Å². The summed E-state index contributed by atoms with van der Waals surface area (Å²) in [6.07, 6.45) is 0.462.